The number of carboxylic acid groups (broad SMARTS) is 1. The molecule has 1 unspecified atom stereocenters. The molecule has 0 aliphatic carbocycles. The van der Waals surface area contributed by atoms with E-state index in [4.69, 9.17) is 10.2 Å². The summed E-state index contributed by atoms with van der Waals surface area (Å²) in [5.74, 6) is -0.926. The molecule has 5 nitrogen and oxygen atoms in total. The Bertz CT molecular complexity index is 529. The second kappa shape index (κ2) is 15.3. The zero-order chi connectivity index (χ0) is 19.7. The van der Waals surface area contributed by atoms with Crippen LogP contribution in [0, 0.1) is 0 Å². The van der Waals surface area contributed by atoms with Gasteiger partial charge in [-0.3, -0.25) is 0 Å². The molecule has 1 atom stereocenters. The van der Waals surface area contributed by atoms with Crippen molar-refractivity contribution in [3.63, 3.8) is 0 Å². The summed E-state index contributed by atoms with van der Waals surface area (Å²) in [6.45, 7) is 2.41. The molecule has 0 spiro atoms. The fourth-order valence-corrected chi connectivity index (χ4v) is 3.04. The van der Waals surface area contributed by atoms with Gasteiger partial charge >= 0.3 is 5.97 Å². The van der Waals surface area contributed by atoms with E-state index in [1.165, 1.54) is 64.2 Å². The van der Waals surface area contributed by atoms with Crippen molar-refractivity contribution in [3.05, 3.63) is 29.8 Å². The number of hydrogen-bond donors (Lipinski definition) is 2. The van der Waals surface area contributed by atoms with Gasteiger partial charge in [-0.15, -0.1) is 0 Å². The first-order valence-corrected chi connectivity index (χ1v) is 10.5. The number of carboxylic acids is 1. The zero-order valence-electron chi connectivity index (χ0n) is 16.8. The third-order valence-electron chi connectivity index (χ3n) is 4.76. The second-order valence-corrected chi connectivity index (χ2v) is 7.32. The second-order valence-electron chi connectivity index (χ2n) is 7.32. The Morgan fingerprint density at radius 2 is 1.33 bits per heavy atom. The number of azo groups is 1. The van der Waals surface area contributed by atoms with Gasteiger partial charge < -0.3 is 10.2 Å². The molecule has 0 aliphatic heterocycles. The number of benzene rings is 1. The molecule has 1 aromatic rings. The summed E-state index contributed by atoms with van der Waals surface area (Å²) in [5, 5.41) is 26.1. The van der Waals surface area contributed by atoms with Crippen LogP contribution in [-0.4, -0.2) is 28.8 Å². The number of hydrogen-bond acceptors (Lipinski definition) is 4. The van der Waals surface area contributed by atoms with Crippen molar-refractivity contribution in [3.8, 4) is 0 Å². The number of aliphatic hydroxyl groups is 1. The summed E-state index contributed by atoms with van der Waals surface area (Å²) < 4.78 is 0. The van der Waals surface area contributed by atoms with E-state index in [0.717, 1.165) is 12.8 Å². The first-order chi connectivity index (χ1) is 13.1. The number of nitrogens with zero attached hydrogens (tertiary/aromatic N) is 2. The predicted octanol–water partition coefficient (Wildman–Crippen LogP) is 6.53. The Morgan fingerprint density at radius 3 is 1.81 bits per heavy atom. The van der Waals surface area contributed by atoms with Crippen LogP contribution < -0.4 is 0 Å². The average molecular weight is 377 g/mol. The Hall–Kier alpha value is -1.75. The number of unbranched alkanes of at least 4 members (excludes halogenated alkanes) is 10. The van der Waals surface area contributed by atoms with Crippen LogP contribution in [-0.2, 0) is 0 Å². The Morgan fingerprint density at radius 1 is 0.852 bits per heavy atom. The molecule has 1 rings (SSSR count). The molecule has 2 N–H and O–H groups in total. The van der Waals surface area contributed by atoms with E-state index in [-0.39, 0.29) is 11.6 Å². The maximum atomic E-state index is 10.8. The minimum Gasteiger partial charge on any atom is -0.478 e. The highest BCUT2D eigenvalue weighted by molar-refractivity contribution is 5.87. The normalized spacial score (nSPS) is 12.5. The lowest BCUT2D eigenvalue weighted by Gasteiger charge is -2.05. The molecule has 0 amide bonds. The summed E-state index contributed by atoms with van der Waals surface area (Å²) in [7, 11) is 0. The molecule has 0 radical (unpaired) electrons. The predicted molar refractivity (Wildman–Crippen MR) is 110 cm³/mol. The van der Waals surface area contributed by atoms with Crippen LogP contribution in [0.1, 0.15) is 94.3 Å². The van der Waals surface area contributed by atoms with Gasteiger partial charge in [0, 0.05) is 6.61 Å². The largest absolute Gasteiger partial charge is 0.478 e. The molecule has 0 saturated heterocycles. The monoisotopic (exact) mass is 376 g/mol. The maximum Gasteiger partial charge on any atom is 0.335 e. The van der Waals surface area contributed by atoms with Crippen LogP contribution in [0.2, 0.25) is 0 Å². The number of carbonyl (C=O) groups is 1. The van der Waals surface area contributed by atoms with Gasteiger partial charge in [0.2, 0.25) is 0 Å². The van der Waals surface area contributed by atoms with E-state index in [1.54, 1.807) is 24.3 Å². The number of rotatable bonds is 16. The number of aromatic carboxylic acids is 1. The summed E-state index contributed by atoms with van der Waals surface area (Å²) in [6.07, 6.45) is 14.8. The van der Waals surface area contributed by atoms with Crippen molar-refractivity contribution in [2.75, 3.05) is 6.61 Å². The Balaban J connectivity index is 1.99. The first-order valence-electron chi connectivity index (χ1n) is 10.5. The number of aliphatic hydroxyl groups excluding tert-OH is 1. The lowest BCUT2D eigenvalue weighted by atomic mass is 10.0. The first kappa shape index (κ1) is 23.3. The molecule has 0 bridgehead atoms. The van der Waals surface area contributed by atoms with Gasteiger partial charge in [-0.05, 0) is 44.0 Å². The van der Waals surface area contributed by atoms with Gasteiger partial charge in [0.1, 0.15) is 0 Å². The highest BCUT2D eigenvalue weighted by atomic mass is 16.4. The molecule has 5 heteroatoms. The van der Waals surface area contributed by atoms with Crippen LogP contribution in [0.3, 0.4) is 0 Å². The van der Waals surface area contributed by atoms with Crippen LogP contribution in [0.25, 0.3) is 0 Å². The van der Waals surface area contributed by atoms with Gasteiger partial charge in [0.25, 0.3) is 0 Å². The summed E-state index contributed by atoms with van der Waals surface area (Å²) in [4.78, 5) is 10.8. The van der Waals surface area contributed by atoms with Gasteiger partial charge in [-0.1, -0.05) is 64.2 Å². The van der Waals surface area contributed by atoms with Crippen molar-refractivity contribution in [2.45, 2.75) is 90.0 Å². The highest BCUT2D eigenvalue weighted by Crippen LogP contribution is 2.17. The third kappa shape index (κ3) is 12.3. The quantitative estimate of drug-likeness (QED) is 0.254. The smallest absolute Gasteiger partial charge is 0.335 e. The molecular weight excluding hydrogens is 340 g/mol. The van der Waals surface area contributed by atoms with Gasteiger partial charge in [-0.2, -0.15) is 10.2 Å². The summed E-state index contributed by atoms with van der Waals surface area (Å²) in [6, 6.07) is 6.68. The van der Waals surface area contributed by atoms with Crippen LogP contribution in [0.15, 0.2) is 34.5 Å². The van der Waals surface area contributed by atoms with Crippen LogP contribution in [0.4, 0.5) is 5.69 Å². The topological polar surface area (TPSA) is 82.2 Å². The maximum absolute atomic E-state index is 10.8. The van der Waals surface area contributed by atoms with Gasteiger partial charge in [-0.25, -0.2) is 4.79 Å². The molecular formula is C22H36N2O3. The molecule has 0 aromatic heterocycles. The van der Waals surface area contributed by atoms with Crippen molar-refractivity contribution < 1.29 is 15.0 Å². The molecule has 27 heavy (non-hydrogen) atoms. The fourth-order valence-electron chi connectivity index (χ4n) is 3.04. The molecule has 1 aromatic carbocycles. The summed E-state index contributed by atoms with van der Waals surface area (Å²) >= 11 is 0. The fraction of sp³-hybridized carbons (Fsp3) is 0.682. The minimum absolute atomic E-state index is 0.197. The van der Waals surface area contributed by atoms with Gasteiger partial charge in [0.05, 0.1) is 17.3 Å². The highest BCUT2D eigenvalue weighted by Gasteiger charge is 2.02. The molecule has 0 fully saturated rings. The standard InChI is InChI=1S/C22H36N2O3/c1-19(23-24-21-16-14-20(15-17-21)22(26)27)13-11-9-7-5-3-2-4-6-8-10-12-18-25/h14-17,19,25H,2-13,18H2,1H3,(H,26,27). The van der Waals surface area contributed by atoms with E-state index in [0.29, 0.717) is 12.3 Å². The van der Waals surface area contributed by atoms with E-state index in [2.05, 4.69) is 17.2 Å². The third-order valence-corrected chi connectivity index (χ3v) is 4.76. The van der Waals surface area contributed by atoms with Crippen LogP contribution in [0.5, 0.6) is 0 Å². The SMILES string of the molecule is CC(CCCCCCCCCCCCCO)N=Nc1ccc(C(=O)O)cc1. The van der Waals surface area contributed by atoms with Crippen molar-refractivity contribution in [2.24, 2.45) is 10.2 Å². The summed E-state index contributed by atoms with van der Waals surface area (Å²) in [5.41, 5.74) is 0.965. The minimum atomic E-state index is -0.926. The van der Waals surface area contributed by atoms with Crippen LogP contribution >= 0.6 is 0 Å². The van der Waals surface area contributed by atoms with E-state index in [1.807, 2.05) is 0 Å². The van der Waals surface area contributed by atoms with E-state index in [9.17, 15) is 4.79 Å². The van der Waals surface area contributed by atoms with Crippen molar-refractivity contribution in [1.82, 2.24) is 0 Å². The molecule has 0 saturated carbocycles. The van der Waals surface area contributed by atoms with E-state index >= 15 is 0 Å². The lowest BCUT2D eigenvalue weighted by molar-refractivity contribution is 0.0697. The Kier molecular flexibility index (Phi) is 13.2. The molecule has 152 valence electrons. The lowest BCUT2D eigenvalue weighted by Crippen LogP contribution is -1.96. The molecule has 0 aliphatic rings. The molecule has 0 heterocycles. The van der Waals surface area contributed by atoms with Crippen molar-refractivity contribution >= 4 is 11.7 Å². The van der Waals surface area contributed by atoms with Gasteiger partial charge in [0.15, 0.2) is 0 Å². The zero-order valence-corrected chi connectivity index (χ0v) is 16.8. The Labute approximate surface area is 163 Å². The average Bonchev–Trinajstić information content (AvgIpc) is 2.67. The van der Waals surface area contributed by atoms with Crippen molar-refractivity contribution in [1.29, 1.82) is 0 Å². The van der Waals surface area contributed by atoms with E-state index < -0.39 is 5.97 Å².